The largest absolute Gasteiger partial charge is 0.364 e. The minimum atomic E-state index is -0.0591. The lowest BCUT2D eigenvalue weighted by Crippen LogP contribution is -3.15. The van der Waals surface area contributed by atoms with Gasteiger partial charge < -0.3 is 14.6 Å². The predicted octanol–water partition coefficient (Wildman–Crippen LogP) is 0.676. The van der Waals surface area contributed by atoms with E-state index in [1.54, 1.807) is 6.07 Å². The van der Waals surface area contributed by atoms with Crippen LogP contribution in [0, 0.1) is 0 Å². The van der Waals surface area contributed by atoms with Gasteiger partial charge in [-0.05, 0) is 32.9 Å². The van der Waals surface area contributed by atoms with E-state index in [0.717, 1.165) is 24.4 Å². The molecule has 3 rings (SSSR count). The number of hydrogen-bond acceptors (Lipinski definition) is 3. The number of aromatic amines is 1. The van der Waals surface area contributed by atoms with Crippen molar-refractivity contribution < 1.29 is 9.64 Å². The van der Waals surface area contributed by atoms with Crippen molar-refractivity contribution in [2.75, 3.05) is 13.1 Å². The Morgan fingerprint density at radius 2 is 1.95 bits per heavy atom. The standard InChI is InChI=1S/C16H21N3O2/c1-10-8-19(9-11(2)21-10)12(3)15-17-14-7-5-4-6-13(14)16(20)18-15/h4-7,10-12H,8-9H2,1-3H3,(H,17,18,20)/p+1/t10-,11-,12-/m0/s1. The Balaban J connectivity index is 1.94. The van der Waals surface area contributed by atoms with Crippen molar-refractivity contribution in [1.82, 2.24) is 9.97 Å². The lowest BCUT2D eigenvalue weighted by molar-refractivity contribution is -0.944. The van der Waals surface area contributed by atoms with Gasteiger partial charge in [-0.25, -0.2) is 4.98 Å². The summed E-state index contributed by atoms with van der Waals surface area (Å²) in [6.45, 7) is 8.18. The van der Waals surface area contributed by atoms with Gasteiger partial charge in [-0.1, -0.05) is 12.1 Å². The molecule has 0 saturated carbocycles. The molecule has 2 N–H and O–H groups in total. The Kier molecular flexibility index (Phi) is 3.78. The molecule has 1 aromatic heterocycles. The fraction of sp³-hybridized carbons (Fsp3) is 0.500. The van der Waals surface area contributed by atoms with Crippen molar-refractivity contribution in [2.45, 2.75) is 39.0 Å². The van der Waals surface area contributed by atoms with Gasteiger partial charge in [0.2, 0.25) is 0 Å². The summed E-state index contributed by atoms with van der Waals surface area (Å²) in [6.07, 6.45) is 0.469. The first-order valence-corrected chi connectivity index (χ1v) is 7.53. The monoisotopic (exact) mass is 288 g/mol. The van der Waals surface area contributed by atoms with E-state index in [-0.39, 0.29) is 23.8 Å². The summed E-state index contributed by atoms with van der Waals surface area (Å²) in [4.78, 5) is 21.2. The normalized spacial score (nSPS) is 27.7. The van der Waals surface area contributed by atoms with Crippen LogP contribution in [-0.2, 0) is 4.74 Å². The molecule has 3 atom stereocenters. The fourth-order valence-corrected chi connectivity index (χ4v) is 3.17. The van der Waals surface area contributed by atoms with Crippen LogP contribution in [0.4, 0.5) is 0 Å². The zero-order valence-corrected chi connectivity index (χ0v) is 12.7. The lowest BCUT2D eigenvalue weighted by atomic mass is 10.1. The van der Waals surface area contributed by atoms with Crippen LogP contribution in [0.5, 0.6) is 0 Å². The first-order chi connectivity index (χ1) is 10.0. The molecule has 1 fully saturated rings. The van der Waals surface area contributed by atoms with Crippen LogP contribution in [0.3, 0.4) is 0 Å². The number of hydrogen-bond donors (Lipinski definition) is 2. The van der Waals surface area contributed by atoms with Gasteiger partial charge in [0.1, 0.15) is 31.3 Å². The van der Waals surface area contributed by atoms with E-state index >= 15 is 0 Å². The Morgan fingerprint density at radius 3 is 2.67 bits per heavy atom. The zero-order chi connectivity index (χ0) is 15.0. The second kappa shape index (κ2) is 5.58. The van der Waals surface area contributed by atoms with E-state index < -0.39 is 0 Å². The maximum Gasteiger partial charge on any atom is 0.258 e. The summed E-state index contributed by atoms with van der Waals surface area (Å²) in [6, 6.07) is 7.62. The Hall–Kier alpha value is -1.72. The summed E-state index contributed by atoms with van der Waals surface area (Å²) in [5.41, 5.74) is 0.702. The van der Waals surface area contributed by atoms with Crippen molar-refractivity contribution in [3.8, 4) is 0 Å². The van der Waals surface area contributed by atoms with Crippen LogP contribution in [0.25, 0.3) is 10.9 Å². The Bertz CT molecular complexity index is 687. The van der Waals surface area contributed by atoms with Crippen molar-refractivity contribution in [3.05, 3.63) is 40.4 Å². The molecular formula is C16H22N3O2+. The molecule has 1 aliphatic heterocycles. The molecule has 5 heteroatoms. The van der Waals surface area contributed by atoms with Gasteiger partial charge in [-0.2, -0.15) is 0 Å². The van der Waals surface area contributed by atoms with E-state index in [0.29, 0.717) is 5.39 Å². The van der Waals surface area contributed by atoms with Crippen LogP contribution in [0.15, 0.2) is 29.1 Å². The quantitative estimate of drug-likeness (QED) is 0.854. The van der Waals surface area contributed by atoms with Crippen molar-refractivity contribution in [1.29, 1.82) is 0 Å². The number of H-pyrrole nitrogens is 1. The molecule has 0 unspecified atom stereocenters. The smallest absolute Gasteiger partial charge is 0.258 e. The molecule has 1 saturated heterocycles. The number of quaternary nitrogens is 1. The molecule has 21 heavy (non-hydrogen) atoms. The van der Waals surface area contributed by atoms with Crippen LogP contribution in [0.1, 0.15) is 32.6 Å². The van der Waals surface area contributed by atoms with Crippen LogP contribution in [-0.4, -0.2) is 35.3 Å². The van der Waals surface area contributed by atoms with Crippen molar-refractivity contribution in [2.24, 2.45) is 0 Å². The van der Waals surface area contributed by atoms with E-state index in [9.17, 15) is 4.79 Å². The third-order valence-electron chi connectivity index (χ3n) is 4.22. The molecule has 0 bridgehead atoms. The van der Waals surface area contributed by atoms with Gasteiger partial charge in [-0.3, -0.25) is 4.79 Å². The highest BCUT2D eigenvalue weighted by Crippen LogP contribution is 2.10. The third-order valence-corrected chi connectivity index (χ3v) is 4.22. The number of morpholine rings is 1. The molecule has 5 nitrogen and oxygen atoms in total. The molecule has 1 aliphatic rings. The molecule has 0 radical (unpaired) electrons. The van der Waals surface area contributed by atoms with Crippen LogP contribution >= 0.6 is 0 Å². The van der Waals surface area contributed by atoms with E-state index in [2.05, 4.69) is 30.7 Å². The molecule has 0 amide bonds. The van der Waals surface area contributed by atoms with Gasteiger partial charge in [0.15, 0.2) is 5.82 Å². The highest BCUT2D eigenvalue weighted by molar-refractivity contribution is 5.77. The molecule has 2 heterocycles. The number of nitrogens with one attached hydrogen (secondary N) is 2. The number of fused-ring (bicyclic) bond motifs is 1. The van der Waals surface area contributed by atoms with E-state index in [4.69, 9.17) is 4.74 Å². The van der Waals surface area contributed by atoms with Gasteiger partial charge in [0.25, 0.3) is 5.56 Å². The van der Waals surface area contributed by atoms with Crippen LogP contribution < -0.4 is 10.5 Å². The maximum absolute atomic E-state index is 12.2. The topological polar surface area (TPSA) is 59.4 Å². The molecule has 1 aromatic carbocycles. The molecule has 0 aliphatic carbocycles. The lowest BCUT2D eigenvalue weighted by Gasteiger charge is -2.35. The fourth-order valence-electron chi connectivity index (χ4n) is 3.17. The van der Waals surface area contributed by atoms with E-state index in [1.807, 2.05) is 18.2 Å². The van der Waals surface area contributed by atoms with Gasteiger partial charge in [-0.15, -0.1) is 0 Å². The minimum absolute atomic E-state index is 0.0591. The molecule has 2 aromatic rings. The van der Waals surface area contributed by atoms with Crippen LogP contribution in [0.2, 0.25) is 0 Å². The molecular weight excluding hydrogens is 266 g/mol. The van der Waals surface area contributed by atoms with E-state index in [1.165, 1.54) is 4.90 Å². The summed E-state index contributed by atoms with van der Waals surface area (Å²) in [7, 11) is 0. The maximum atomic E-state index is 12.2. The summed E-state index contributed by atoms with van der Waals surface area (Å²) < 4.78 is 5.78. The van der Waals surface area contributed by atoms with Gasteiger partial charge >= 0.3 is 0 Å². The second-order valence-electron chi connectivity index (χ2n) is 6.01. The summed E-state index contributed by atoms with van der Waals surface area (Å²) in [5, 5.41) is 0.646. The minimum Gasteiger partial charge on any atom is -0.364 e. The summed E-state index contributed by atoms with van der Waals surface area (Å²) in [5.74, 6) is 0.759. The number of nitrogens with zero attached hydrogens (tertiary/aromatic N) is 1. The third kappa shape index (κ3) is 2.84. The number of aromatic nitrogens is 2. The van der Waals surface area contributed by atoms with Gasteiger partial charge in [0.05, 0.1) is 10.9 Å². The van der Waals surface area contributed by atoms with Gasteiger partial charge in [0, 0.05) is 0 Å². The number of benzene rings is 1. The van der Waals surface area contributed by atoms with Crippen molar-refractivity contribution >= 4 is 10.9 Å². The first-order valence-electron chi connectivity index (χ1n) is 7.53. The van der Waals surface area contributed by atoms with Crippen molar-refractivity contribution in [3.63, 3.8) is 0 Å². The Morgan fingerprint density at radius 1 is 1.29 bits per heavy atom. The summed E-state index contributed by atoms with van der Waals surface area (Å²) >= 11 is 0. The molecule has 0 spiro atoms. The number of ether oxygens (including phenoxy) is 1. The second-order valence-corrected chi connectivity index (χ2v) is 6.01. The SMILES string of the molecule is C[C@H]1C[NH+]([C@@H](C)c2nc3ccccc3c(=O)[nH]2)C[C@H](C)O1. The number of rotatable bonds is 2. The number of para-hydroxylation sites is 1. The highest BCUT2D eigenvalue weighted by Gasteiger charge is 2.31. The molecule has 112 valence electrons. The first kappa shape index (κ1) is 14.2. The average molecular weight is 288 g/mol. The highest BCUT2D eigenvalue weighted by atomic mass is 16.5. The predicted molar refractivity (Wildman–Crippen MR) is 81.5 cm³/mol. The zero-order valence-electron chi connectivity index (χ0n) is 12.7. The Labute approximate surface area is 124 Å². The average Bonchev–Trinajstić information content (AvgIpc) is 2.45.